The number of hydrogen-bond acceptors (Lipinski definition) is 6. The highest BCUT2D eigenvalue weighted by atomic mass is 19.2. The normalized spacial score (nSPS) is 11.8. The summed E-state index contributed by atoms with van der Waals surface area (Å²) in [6, 6.07) is 15.0. The number of nitrogens with zero attached hydrogens (tertiary/aromatic N) is 3. The molecule has 0 aliphatic carbocycles. The van der Waals surface area contributed by atoms with Crippen LogP contribution in [0.2, 0.25) is 0 Å². The smallest absolute Gasteiger partial charge is 0.340 e. The van der Waals surface area contributed by atoms with E-state index in [4.69, 9.17) is 9.68 Å². The zero-order valence-corrected chi connectivity index (χ0v) is 20.7. The molecule has 2 heterocycles. The quantitative estimate of drug-likeness (QED) is 0.279. The predicted octanol–water partition coefficient (Wildman–Crippen LogP) is 5.98. The van der Waals surface area contributed by atoms with E-state index in [9.17, 15) is 23.5 Å². The summed E-state index contributed by atoms with van der Waals surface area (Å²) < 4.78 is 35.7. The van der Waals surface area contributed by atoms with Gasteiger partial charge in [-0.05, 0) is 61.9 Å². The van der Waals surface area contributed by atoms with Crippen LogP contribution >= 0.6 is 0 Å². The molecule has 5 rings (SSSR count). The molecule has 2 N–H and O–H groups in total. The SMILES string of the molecule is Cc1cc([C@@H](C)Nc2ccc(F)c(F)c2C(=O)O)c2oc(-c3cnn(-c4ccc(C#N)cc4)c3)cc(=O)c2c1. The van der Waals surface area contributed by atoms with Gasteiger partial charge in [0.05, 0.1) is 46.2 Å². The minimum absolute atomic E-state index is 0.120. The number of rotatable bonds is 6. The molecule has 39 heavy (non-hydrogen) atoms. The zero-order valence-electron chi connectivity index (χ0n) is 20.7. The fraction of sp³-hybridized carbons (Fsp3) is 0.103. The number of carbonyl (C=O) groups is 1. The maximum atomic E-state index is 14.3. The Hall–Kier alpha value is -5.30. The summed E-state index contributed by atoms with van der Waals surface area (Å²) in [5, 5.41) is 26.0. The van der Waals surface area contributed by atoms with Crippen molar-refractivity contribution in [2.75, 3.05) is 5.32 Å². The minimum Gasteiger partial charge on any atom is -0.478 e. The number of benzene rings is 3. The first-order chi connectivity index (χ1) is 18.7. The Morgan fingerprint density at radius 1 is 1.15 bits per heavy atom. The van der Waals surface area contributed by atoms with Gasteiger partial charge in [0.1, 0.15) is 16.9 Å². The van der Waals surface area contributed by atoms with Gasteiger partial charge in [0, 0.05) is 17.8 Å². The molecule has 0 bridgehead atoms. The van der Waals surface area contributed by atoms with Gasteiger partial charge in [0.25, 0.3) is 0 Å². The molecular weight excluding hydrogens is 506 g/mol. The fourth-order valence-electron chi connectivity index (χ4n) is 4.37. The van der Waals surface area contributed by atoms with Gasteiger partial charge in [-0.15, -0.1) is 0 Å². The highest BCUT2D eigenvalue weighted by Gasteiger charge is 2.23. The monoisotopic (exact) mass is 526 g/mol. The maximum Gasteiger partial charge on any atom is 0.340 e. The van der Waals surface area contributed by atoms with E-state index in [1.165, 1.54) is 12.3 Å². The number of fused-ring (bicyclic) bond motifs is 1. The molecule has 0 unspecified atom stereocenters. The molecule has 2 aromatic heterocycles. The molecule has 0 saturated heterocycles. The summed E-state index contributed by atoms with van der Waals surface area (Å²) in [7, 11) is 0. The minimum atomic E-state index is -1.62. The van der Waals surface area contributed by atoms with Gasteiger partial charge in [-0.3, -0.25) is 4.79 Å². The number of halogens is 2. The molecule has 0 aliphatic rings. The summed E-state index contributed by atoms with van der Waals surface area (Å²) in [6.45, 7) is 3.49. The average Bonchev–Trinajstić information content (AvgIpc) is 3.41. The van der Waals surface area contributed by atoms with Crippen LogP contribution in [0.25, 0.3) is 28.0 Å². The molecule has 8 nitrogen and oxygen atoms in total. The number of carboxylic acids is 1. The highest BCUT2D eigenvalue weighted by molar-refractivity contribution is 5.95. The maximum absolute atomic E-state index is 14.3. The van der Waals surface area contributed by atoms with Crippen LogP contribution in [-0.4, -0.2) is 20.9 Å². The first-order valence-corrected chi connectivity index (χ1v) is 11.8. The summed E-state index contributed by atoms with van der Waals surface area (Å²) in [5.74, 6) is -4.11. The van der Waals surface area contributed by atoms with Crippen molar-refractivity contribution in [2.24, 2.45) is 0 Å². The van der Waals surface area contributed by atoms with E-state index in [1.54, 1.807) is 61.1 Å². The third kappa shape index (κ3) is 4.73. The van der Waals surface area contributed by atoms with Crippen molar-refractivity contribution in [3.05, 3.63) is 111 Å². The van der Waals surface area contributed by atoms with Gasteiger partial charge in [0.15, 0.2) is 17.1 Å². The highest BCUT2D eigenvalue weighted by Crippen LogP contribution is 2.32. The lowest BCUT2D eigenvalue weighted by Crippen LogP contribution is -2.14. The number of aryl methyl sites for hydroxylation is 1. The standard InChI is InChI=1S/C29H20F2N4O4/c1-15-9-20(16(2)34-23-8-7-22(30)27(31)26(23)29(37)38)28-21(10-15)24(36)11-25(39-28)18-13-33-35(14-18)19-5-3-17(12-32)4-6-19/h3-11,13-14,16,34H,1-2H3,(H,37,38)/t16-/m1/s1. The van der Waals surface area contributed by atoms with Crippen molar-refractivity contribution >= 4 is 22.6 Å². The van der Waals surface area contributed by atoms with Gasteiger partial charge in [0.2, 0.25) is 0 Å². The van der Waals surface area contributed by atoms with Crippen molar-refractivity contribution in [1.82, 2.24) is 9.78 Å². The number of aromatic nitrogens is 2. The van der Waals surface area contributed by atoms with Crippen LogP contribution in [0.1, 0.15) is 40.0 Å². The fourth-order valence-corrected chi connectivity index (χ4v) is 4.37. The summed E-state index contributed by atoms with van der Waals surface area (Å²) >= 11 is 0. The Labute approximate surface area is 220 Å². The van der Waals surface area contributed by atoms with Crippen LogP contribution in [0.5, 0.6) is 0 Å². The van der Waals surface area contributed by atoms with Crippen LogP contribution in [0.15, 0.2) is 76.2 Å². The molecule has 10 heteroatoms. The second-order valence-corrected chi connectivity index (χ2v) is 8.99. The Balaban J connectivity index is 1.57. The zero-order chi connectivity index (χ0) is 27.8. The molecule has 0 aliphatic heterocycles. The third-order valence-electron chi connectivity index (χ3n) is 6.28. The topological polar surface area (TPSA) is 121 Å². The molecule has 0 fully saturated rings. The number of anilines is 1. The Kier molecular flexibility index (Phi) is 6.42. The van der Waals surface area contributed by atoms with Crippen molar-refractivity contribution < 1.29 is 23.1 Å². The number of nitriles is 1. The number of nitrogens with one attached hydrogen (secondary N) is 1. The van der Waals surface area contributed by atoms with E-state index in [2.05, 4.69) is 16.5 Å². The number of carboxylic acid groups (broad SMARTS) is 1. The van der Waals surface area contributed by atoms with Crippen LogP contribution in [0.4, 0.5) is 14.5 Å². The Bertz CT molecular complexity index is 1850. The molecule has 0 amide bonds. The Morgan fingerprint density at radius 2 is 1.90 bits per heavy atom. The van der Waals surface area contributed by atoms with Gasteiger partial charge >= 0.3 is 5.97 Å². The van der Waals surface area contributed by atoms with Crippen molar-refractivity contribution in [3.63, 3.8) is 0 Å². The lowest BCUT2D eigenvalue weighted by atomic mass is 10.00. The van der Waals surface area contributed by atoms with Crippen LogP contribution in [0, 0.1) is 29.9 Å². The van der Waals surface area contributed by atoms with Crippen LogP contribution < -0.4 is 10.7 Å². The van der Waals surface area contributed by atoms with Crippen molar-refractivity contribution in [3.8, 4) is 23.1 Å². The molecule has 0 radical (unpaired) electrons. The molecule has 0 saturated carbocycles. The average molecular weight is 526 g/mol. The van der Waals surface area contributed by atoms with E-state index < -0.39 is 29.2 Å². The predicted molar refractivity (Wildman–Crippen MR) is 140 cm³/mol. The summed E-state index contributed by atoms with van der Waals surface area (Å²) in [6.07, 6.45) is 3.22. The van der Waals surface area contributed by atoms with E-state index in [-0.39, 0.29) is 22.5 Å². The summed E-state index contributed by atoms with van der Waals surface area (Å²) in [5.41, 5.74) is 2.03. The Morgan fingerprint density at radius 3 is 2.59 bits per heavy atom. The first-order valence-electron chi connectivity index (χ1n) is 11.8. The molecule has 5 aromatic rings. The van der Waals surface area contributed by atoms with Gasteiger partial charge in [-0.25, -0.2) is 18.3 Å². The number of hydrogen-bond donors (Lipinski definition) is 2. The van der Waals surface area contributed by atoms with E-state index >= 15 is 0 Å². The van der Waals surface area contributed by atoms with Gasteiger partial charge in [-0.2, -0.15) is 10.4 Å². The van der Waals surface area contributed by atoms with E-state index in [0.29, 0.717) is 27.8 Å². The lowest BCUT2D eigenvalue weighted by Gasteiger charge is -2.19. The van der Waals surface area contributed by atoms with Crippen molar-refractivity contribution in [2.45, 2.75) is 19.9 Å². The molecule has 1 atom stereocenters. The second kappa shape index (κ2) is 9.87. The van der Waals surface area contributed by atoms with Crippen LogP contribution in [0.3, 0.4) is 0 Å². The third-order valence-corrected chi connectivity index (χ3v) is 6.28. The largest absolute Gasteiger partial charge is 0.478 e. The number of aromatic carboxylic acids is 1. The van der Waals surface area contributed by atoms with Gasteiger partial charge in [-0.1, -0.05) is 6.07 Å². The second-order valence-electron chi connectivity index (χ2n) is 8.99. The van der Waals surface area contributed by atoms with Crippen LogP contribution in [-0.2, 0) is 0 Å². The van der Waals surface area contributed by atoms with E-state index in [1.807, 2.05) is 0 Å². The summed E-state index contributed by atoms with van der Waals surface area (Å²) in [4.78, 5) is 24.8. The van der Waals surface area contributed by atoms with E-state index in [0.717, 1.165) is 17.7 Å². The molecular formula is C29H20F2N4O4. The lowest BCUT2D eigenvalue weighted by molar-refractivity contribution is 0.0691. The molecule has 194 valence electrons. The first kappa shape index (κ1) is 25.4. The van der Waals surface area contributed by atoms with Gasteiger partial charge < -0.3 is 14.8 Å². The van der Waals surface area contributed by atoms with Crippen molar-refractivity contribution in [1.29, 1.82) is 5.26 Å². The molecule has 3 aromatic carbocycles. The molecule has 0 spiro atoms.